The van der Waals surface area contributed by atoms with Crippen molar-refractivity contribution >= 4 is 22.8 Å². The summed E-state index contributed by atoms with van der Waals surface area (Å²) in [5.41, 5.74) is 0.0546. The number of H-pyrrole nitrogens is 1. The lowest BCUT2D eigenvalue weighted by Crippen LogP contribution is -2.47. The highest BCUT2D eigenvalue weighted by atomic mass is 19.4. The number of aliphatic carboxylic acids is 1. The molecule has 1 aliphatic heterocycles. The Balaban J connectivity index is 1.69. The van der Waals surface area contributed by atoms with Crippen molar-refractivity contribution in [2.24, 2.45) is 5.41 Å². The van der Waals surface area contributed by atoms with Crippen molar-refractivity contribution in [3.8, 4) is 0 Å². The number of aryl methyl sites for hydroxylation is 2. The van der Waals surface area contributed by atoms with Crippen molar-refractivity contribution in [2.45, 2.75) is 32.4 Å². The number of nitrogens with zero attached hydrogens (tertiary/aromatic N) is 1. The van der Waals surface area contributed by atoms with Gasteiger partial charge >= 0.3 is 12.1 Å². The van der Waals surface area contributed by atoms with Gasteiger partial charge in [0, 0.05) is 36.6 Å². The van der Waals surface area contributed by atoms with Gasteiger partial charge in [-0.3, -0.25) is 9.59 Å². The van der Waals surface area contributed by atoms with E-state index in [1.165, 1.54) is 0 Å². The van der Waals surface area contributed by atoms with E-state index < -0.39 is 36.4 Å². The summed E-state index contributed by atoms with van der Waals surface area (Å²) in [4.78, 5) is 27.7. The minimum absolute atomic E-state index is 0.0362. The summed E-state index contributed by atoms with van der Waals surface area (Å²) in [6, 6.07) is 5.88. The molecule has 0 saturated carbocycles. The number of carboxylic acid groups (broad SMARTS) is 1. The fourth-order valence-corrected chi connectivity index (χ4v) is 3.45. The van der Waals surface area contributed by atoms with Gasteiger partial charge in [-0.15, -0.1) is 0 Å². The van der Waals surface area contributed by atoms with Gasteiger partial charge in [0.1, 0.15) is 0 Å². The summed E-state index contributed by atoms with van der Waals surface area (Å²) in [6.07, 6.45) is -3.29. The first-order chi connectivity index (χ1) is 12.1. The average molecular weight is 368 g/mol. The molecule has 1 aromatic heterocycles. The van der Waals surface area contributed by atoms with Gasteiger partial charge in [0.2, 0.25) is 5.91 Å². The number of likely N-dealkylation sites (tertiary alicyclic amines) is 1. The van der Waals surface area contributed by atoms with Crippen LogP contribution >= 0.6 is 0 Å². The number of carboxylic acids is 1. The monoisotopic (exact) mass is 368 g/mol. The number of hydrogen-bond donors (Lipinski definition) is 2. The summed E-state index contributed by atoms with van der Waals surface area (Å²) >= 11 is 0. The van der Waals surface area contributed by atoms with Crippen LogP contribution in [0.3, 0.4) is 0 Å². The van der Waals surface area contributed by atoms with Gasteiger partial charge in [0.15, 0.2) is 5.41 Å². The lowest BCUT2D eigenvalue weighted by atomic mass is 9.86. The Labute approximate surface area is 147 Å². The van der Waals surface area contributed by atoms with E-state index in [9.17, 15) is 22.8 Å². The summed E-state index contributed by atoms with van der Waals surface area (Å²) in [7, 11) is 0. The first-order valence-electron chi connectivity index (χ1n) is 8.28. The van der Waals surface area contributed by atoms with Crippen molar-refractivity contribution in [1.29, 1.82) is 0 Å². The fourth-order valence-electron chi connectivity index (χ4n) is 3.45. The lowest BCUT2D eigenvalue weighted by molar-refractivity contribution is -0.227. The predicted octanol–water partition coefficient (Wildman–Crippen LogP) is 3.27. The predicted molar refractivity (Wildman–Crippen MR) is 88.7 cm³/mol. The number of halogens is 3. The molecule has 1 unspecified atom stereocenters. The van der Waals surface area contributed by atoms with Gasteiger partial charge in [-0.2, -0.15) is 13.2 Å². The van der Waals surface area contributed by atoms with Crippen molar-refractivity contribution in [3.63, 3.8) is 0 Å². The number of aromatic amines is 1. The minimum atomic E-state index is -4.89. The first kappa shape index (κ1) is 18.3. The first-order valence-corrected chi connectivity index (χ1v) is 8.28. The van der Waals surface area contributed by atoms with E-state index in [1.807, 2.05) is 25.1 Å². The molecule has 3 rings (SSSR count). The van der Waals surface area contributed by atoms with E-state index >= 15 is 0 Å². The molecule has 26 heavy (non-hydrogen) atoms. The number of alkyl halides is 3. The molecule has 0 spiro atoms. The molecule has 1 saturated heterocycles. The average Bonchev–Trinajstić information content (AvgIpc) is 3.17. The normalized spacial score (nSPS) is 20.7. The Bertz CT molecular complexity index is 859. The Hall–Kier alpha value is -2.51. The second kappa shape index (κ2) is 6.34. The number of nitrogens with one attached hydrogen (secondary N) is 1. The molecule has 0 bridgehead atoms. The fraction of sp³-hybridized carbons (Fsp3) is 0.444. The van der Waals surface area contributed by atoms with Crippen LogP contribution in [0.1, 0.15) is 24.0 Å². The molecule has 5 nitrogen and oxygen atoms in total. The number of benzene rings is 1. The quantitative estimate of drug-likeness (QED) is 0.870. The smallest absolute Gasteiger partial charge is 0.406 e. The maximum Gasteiger partial charge on any atom is 0.406 e. The number of carbonyl (C=O) groups excluding carboxylic acids is 1. The highest BCUT2D eigenvalue weighted by Gasteiger charge is 2.64. The Kier molecular flexibility index (Phi) is 4.46. The van der Waals surface area contributed by atoms with Crippen LogP contribution in [0.15, 0.2) is 24.4 Å². The highest BCUT2D eigenvalue weighted by molar-refractivity contribution is 5.85. The standard InChI is InChI=1S/C18H19F3N2O3/c1-11-2-4-14-13(8-11)12(9-22-14)3-5-15(24)23-7-6-17(10-23,16(25)26)18(19,20)21/h2,4,8-9,22H,3,5-7,10H2,1H3,(H,25,26). The zero-order valence-corrected chi connectivity index (χ0v) is 14.2. The molecule has 0 aliphatic carbocycles. The molecule has 1 amide bonds. The number of hydrogen-bond acceptors (Lipinski definition) is 2. The molecule has 1 fully saturated rings. The van der Waals surface area contributed by atoms with Gasteiger partial charge in [-0.1, -0.05) is 11.6 Å². The molecule has 2 N–H and O–H groups in total. The molecular weight excluding hydrogens is 349 g/mol. The molecule has 1 aromatic carbocycles. The maximum atomic E-state index is 13.2. The highest BCUT2D eigenvalue weighted by Crippen LogP contribution is 2.45. The maximum absolute atomic E-state index is 13.2. The second-order valence-corrected chi connectivity index (χ2v) is 6.81. The van der Waals surface area contributed by atoms with Crippen molar-refractivity contribution in [3.05, 3.63) is 35.5 Å². The van der Waals surface area contributed by atoms with E-state index in [4.69, 9.17) is 5.11 Å². The molecular formula is C18H19F3N2O3. The molecule has 140 valence electrons. The summed E-state index contributed by atoms with van der Waals surface area (Å²) in [5, 5.41) is 10.0. The number of carbonyl (C=O) groups is 2. The minimum Gasteiger partial charge on any atom is -0.481 e. The van der Waals surface area contributed by atoms with Gasteiger partial charge in [0.25, 0.3) is 0 Å². The molecule has 1 atom stereocenters. The molecule has 8 heteroatoms. The van der Waals surface area contributed by atoms with Gasteiger partial charge in [-0.05, 0) is 37.5 Å². The molecule has 2 aromatic rings. The topological polar surface area (TPSA) is 73.4 Å². The number of amides is 1. The summed E-state index contributed by atoms with van der Waals surface area (Å²) in [5.74, 6) is -2.38. The third kappa shape index (κ3) is 3.04. The van der Waals surface area contributed by atoms with Crippen LogP contribution in [0.4, 0.5) is 13.2 Å². The van der Waals surface area contributed by atoms with E-state index in [2.05, 4.69) is 4.98 Å². The molecule has 0 radical (unpaired) electrons. The van der Waals surface area contributed by atoms with Gasteiger partial charge in [0.05, 0.1) is 0 Å². The zero-order valence-electron chi connectivity index (χ0n) is 14.2. The van der Waals surface area contributed by atoms with Crippen LogP contribution in [0.5, 0.6) is 0 Å². The van der Waals surface area contributed by atoms with Crippen LogP contribution in [0.2, 0.25) is 0 Å². The molecule has 2 heterocycles. The summed E-state index contributed by atoms with van der Waals surface area (Å²) in [6.45, 7) is 0.934. The van der Waals surface area contributed by atoms with E-state index in [0.717, 1.165) is 26.9 Å². The van der Waals surface area contributed by atoms with Crippen LogP contribution in [0, 0.1) is 12.3 Å². The van der Waals surface area contributed by atoms with Crippen molar-refractivity contribution in [2.75, 3.05) is 13.1 Å². The number of fused-ring (bicyclic) bond motifs is 1. The molecule has 1 aliphatic rings. The Morgan fingerprint density at radius 1 is 1.35 bits per heavy atom. The Morgan fingerprint density at radius 3 is 2.69 bits per heavy atom. The zero-order chi connectivity index (χ0) is 19.1. The van der Waals surface area contributed by atoms with Gasteiger partial charge < -0.3 is 15.0 Å². The largest absolute Gasteiger partial charge is 0.481 e. The van der Waals surface area contributed by atoms with E-state index in [-0.39, 0.29) is 13.0 Å². The number of rotatable bonds is 4. The lowest BCUT2D eigenvalue weighted by Gasteiger charge is -2.27. The Morgan fingerprint density at radius 2 is 2.08 bits per heavy atom. The van der Waals surface area contributed by atoms with E-state index in [0.29, 0.717) is 6.42 Å². The van der Waals surface area contributed by atoms with Crippen molar-refractivity contribution in [1.82, 2.24) is 9.88 Å². The summed E-state index contributed by atoms with van der Waals surface area (Å²) < 4.78 is 39.6. The second-order valence-electron chi connectivity index (χ2n) is 6.81. The SMILES string of the molecule is Cc1ccc2[nH]cc(CCC(=O)N3CCC(C(=O)O)(C(F)(F)F)C3)c2c1. The van der Waals surface area contributed by atoms with Crippen molar-refractivity contribution < 1.29 is 27.9 Å². The van der Waals surface area contributed by atoms with Crippen LogP contribution in [0.25, 0.3) is 10.9 Å². The van der Waals surface area contributed by atoms with Crippen LogP contribution in [-0.4, -0.2) is 46.1 Å². The van der Waals surface area contributed by atoms with Gasteiger partial charge in [-0.25, -0.2) is 0 Å². The van der Waals surface area contributed by atoms with Crippen LogP contribution < -0.4 is 0 Å². The third-order valence-electron chi connectivity index (χ3n) is 5.11. The van der Waals surface area contributed by atoms with E-state index in [1.54, 1.807) is 6.20 Å². The third-order valence-corrected chi connectivity index (χ3v) is 5.11. The van der Waals surface area contributed by atoms with Crippen LogP contribution in [-0.2, 0) is 16.0 Å². The number of aromatic nitrogens is 1.